The zero-order valence-electron chi connectivity index (χ0n) is 13.3. The second-order valence-electron chi connectivity index (χ2n) is 5.53. The summed E-state index contributed by atoms with van der Waals surface area (Å²) in [6, 6.07) is 10.3. The average molecular weight is 407 g/mol. The van der Waals surface area contributed by atoms with E-state index < -0.39 is 0 Å². The standard InChI is InChI=1S/C17H10Cl3N5O/c1-8-22-23-17-15(21-9-6-12(19)16(26)13(20)7-9)14(24-25(8)17)10-4-2-3-5-11(10)18/h2-7,26H,1H3. The summed E-state index contributed by atoms with van der Waals surface area (Å²) in [7, 11) is 0. The van der Waals surface area contributed by atoms with Crippen molar-refractivity contribution in [3.8, 4) is 5.75 Å². The van der Waals surface area contributed by atoms with Crippen molar-refractivity contribution in [2.24, 2.45) is 10.1 Å². The van der Waals surface area contributed by atoms with Crippen LogP contribution in [0.2, 0.25) is 15.1 Å². The summed E-state index contributed by atoms with van der Waals surface area (Å²) in [5, 5.41) is 23.2. The van der Waals surface area contributed by atoms with Crippen molar-refractivity contribution in [1.82, 2.24) is 14.9 Å². The summed E-state index contributed by atoms with van der Waals surface area (Å²) in [6.45, 7) is 1.79. The maximum Gasteiger partial charge on any atom is 0.205 e. The van der Waals surface area contributed by atoms with Gasteiger partial charge in [-0.05, 0) is 25.1 Å². The largest absolute Gasteiger partial charge is 0.505 e. The lowest BCUT2D eigenvalue weighted by molar-refractivity contribution is 0.476. The molecule has 0 atom stereocenters. The predicted octanol–water partition coefficient (Wildman–Crippen LogP) is 4.64. The molecule has 2 aromatic carbocycles. The Morgan fingerprint density at radius 1 is 1.00 bits per heavy atom. The second-order valence-corrected chi connectivity index (χ2v) is 6.75. The highest BCUT2D eigenvalue weighted by atomic mass is 35.5. The average Bonchev–Trinajstić information content (AvgIpc) is 3.14. The van der Waals surface area contributed by atoms with Crippen LogP contribution in [-0.4, -0.2) is 31.4 Å². The molecule has 0 saturated carbocycles. The summed E-state index contributed by atoms with van der Waals surface area (Å²) < 4.78 is 1.60. The monoisotopic (exact) mass is 405 g/mol. The minimum absolute atomic E-state index is 0.101. The molecular weight excluding hydrogens is 397 g/mol. The smallest absolute Gasteiger partial charge is 0.205 e. The van der Waals surface area contributed by atoms with Crippen molar-refractivity contribution in [3.05, 3.63) is 68.7 Å². The quantitative estimate of drug-likeness (QED) is 0.673. The van der Waals surface area contributed by atoms with Crippen molar-refractivity contribution in [2.45, 2.75) is 6.92 Å². The van der Waals surface area contributed by atoms with Crippen molar-refractivity contribution in [2.75, 3.05) is 0 Å². The molecule has 0 spiro atoms. The van der Waals surface area contributed by atoms with Crippen molar-refractivity contribution in [3.63, 3.8) is 0 Å². The Hall–Kier alpha value is -2.41. The topological polar surface area (TPSA) is 75.7 Å². The number of hydrogen-bond acceptors (Lipinski definition) is 5. The maximum absolute atomic E-state index is 9.74. The summed E-state index contributed by atoms with van der Waals surface area (Å²) in [6.07, 6.45) is 0. The number of aromatic nitrogens is 3. The van der Waals surface area contributed by atoms with Gasteiger partial charge < -0.3 is 5.11 Å². The van der Waals surface area contributed by atoms with Gasteiger partial charge in [-0.2, -0.15) is 9.78 Å². The van der Waals surface area contributed by atoms with E-state index in [1.807, 2.05) is 18.2 Å². The van der Waals surface area contributed by atoms with Gasteiger partial charge in [-0.1, -0.05) is 53.0 Å². The summed E-state index contributed by atoms with van der Waals surface area (Å²) in [5.41, 5.74) is 2.20. The molecule has 3 aromatic rings. The Balaban J connectivity index is 1.92. The number of benzene rings is 2. The van der Waals surface area contributed by atoms with E-state index in [-0.39, 0.29) is 15.8 Å². The van der Waals surface area contributed by atoms with Gasteiger partial charge in [-0.3, -0.25) is 0 Å². The summed E-state index contributed by atoms with van der Waals surface area (Å²) >= 11 is 18.3. The molecule has 0 aliphatic carbocycles. The van der Waals surface area contributed by atoms with Crippen molar-refractivity contribution >= 4 is 51.9 Å². The lowest BCUT2D eigenvalue weighted by Gasteiger charge is -2.06. The van der Waals surface area contributed by atoms with Crippen LogP contribution in [0, 0.1) is 6.92 Å². The predicted molar refractivity (Wildman–Crippen MR) is 102 cm³/mol. The van der Waals surface area contributed by atoms with E-state index in [4.69, 9.17) is 34.8 Å². The molecular formula is C17H10Cl3N5O. The molecule has 4 rings (SSSR count). The highest BCUT2D eigenvalue weighted by Gasteiger charge is 2.29. The van der Waals surface area contributed by atoms with Gasteiger partial charge in [0.1, 0.15) is 11.4 Å². The van der Waals surface area contributed by atoms with E-state index in [0.717, 1.165) is 0 Å². The van der Waals surface area contributed by atoms with Crippen LogP contribution in [0.3, 0.4) is 0 Å². The number of phenolic OH excluding ortho intramolecular Hbond substituents is 1. The van der Waals surface area contributed by atoms with Gasteiger partial charge in [0.15, 0.2) is 11.6 Å². The number of fused-ring (bicyclic) bond motifs is 1. The fraction of sp³-hybridized carbons (Fsp3) is 0.0588. The minimum Gasteiger partial charge on any atom is -0.505 e. The van der Waals surface area contributed by atoms with Crippen LogP contribution in [-0.2, 0) is 0 Å². The van der Waals surface area contributed by atoms with Crippen LogP contribution in [0.1, 0.15) is 17.2 Å². The van der Waals surface area contributed by atoms with Gasteiger partial charge in [-0.25, -0.2) is 4.99 Å². The Bertz CT molecular complexity index is 1080. The number of hydrogen-bond donors (Lipinski definition) is 1. The van der Waals surface area contributed by atoms with Crippen molar-refractivity contribution in [1.29, 1.82) is 0 Å². The lowest BCUT2D eigenvalue weighted by atomic mass is 10.1. The van der Waals surface area contributed by atoms with Gasteiger partial charge in [-0.15, -0.1) is 10.2 Å². The third-order valence-corrected chi connectivity index (χ3v) is 4.71. The first-order valence-corrected chi connectivity index (χ1v) is 8.62. The highest BCUT2D eigenvalue weighted by Crippen LogP contribution is 2.36. The first-order valence-electron chi connectivity index (χ1n) is 7.49. The molecule has 6 nitrogen and oxygen atoms in total. The van der Waals surface area contributed by atoms with Gasteiger partial charge in [0.05, 0.1) is 20.8 Å². The van der Waals surface area contributed by atoms with Gasteiger partial charge in [0.25, 0.3) is 0 Å². The number of aliphatic imine (C=N–C) groups is 1. The molecule has 0 radical (unpaired) electrons. The normalized spacial score (nSPS) is 14.6. The van der Waals surface area contributed by atoms with E-state index in [2.05, 4.69) is 20.3 Å². The summed E-state index contributed by atoms with van der Waals surface area (Å²) in [4.78, 5) is 4.60. The molecule has 0 bridgehead atoms. The molecule has 0 saturated heterocycles. The molecule has 9 heteroatoms. The number of nitrogens with zero attached hydrogens (tertiary/aromatic N) is 5. The Morgan fingerprint density at radius 2 is 1.69 bits per heavy atom. The molecule has 1 aliphatic heterocycles. The number of rotatable bonds is 2. The van der Waals surface area contributed by atoms with Crippen LogP contribution in [0.5, 0.6) is 5.75 Å². The zero-order chi connectivity index (χ0) is 18.4. The van der Waals surface area contributed by atoms with E-state index in [9.17, 15) is 5.11 Å². The van der Waals surface area contributed by atoms with Gasteiger partial charge in [0, 0.05) is 5.56 Å². The van der Waals surface area contributed by atoms with E-state index in [1.165, 1.54) is 12.1 Å². The SMILES string of the molecule is Cc1nnc2n1N=C(c1ccccc1Cl)C2=Nc1cc(Cl)c(O)c(Cl)c1. The minimum atomic E-state index is -0.192. The first-order chi connectivity index (χ1) is 12.5. The van der Waals surface area contributed by atoms with Crippen LogP contribution in [0.15, 0.2) is 46.5 Å². The van der Waals surface area contributed by atoms with E-state index in [1.54, 1.807) is 17.7 Å². The number of aromatic hydroxyl groups is 1. The fourth-order valence-electron chi connectivity index (χ4n) is 2.56. The van der Waals surface area contributed by atoms with Gasteiger partial charge >= 0.3 is 0 Å². The fourth-order valence-corrected chi connectivity index (χ4v) is 3.26. The highest BCUT2D eigenvalue weighted by molar-refractivity contribution is 6.56. The first kappa shape index (κ1) is 17.0. The molecule has 1 N–H and O–H groups in total. The van der Waals surface area contributed by atoms with Crippen LogP contribution in [0.4, 0.5) is 5.69 Å². The van der Waals surface area contributed by atoms with Gasteiger partial charge in [0.2, 0.25) is 5.82 Å². The van der Waals surface area contributed by atoms with E-state index >= 15 is 0 Å². The molecule has 130 valence electrons. The third kappa shape index (κ3) is 2.76. The molecule has 26 heavy (non-hydrogen) atoms. The molecule has 1 aromatic heterocycles. The molecule has 0 amide bonds. The van der Waals surface area contributed by atoms with E-state index in [0.29, 0.717) is 39.3 Å². The number of halogens is 3. The van der Waals surface area contributed by atoms with Crippen LogP contribution < -0.4 is 0 Å². The second kappa shape index (κ2) is 6.39. The van der Waals surface area contributed by atoms with Crippen LogP contribution in [0.25, 0.3) is 0 Å². The van der Waals surface area contributed by atoms with Crippen LogP contribution >= 0.6 is 34.8 Å². The molecule has 0 unspecified atom stereocenters. The maximum atomic E-state index is 9.74. The Kier molecular flexibility index (Phi) is 4.19. The number of phenols is 1. The third-order valence-electron chi connectivity index (χ3n) is 3.80. The Morgan fingerprint density at radius 3 is 2.38 bits per heavy atom. The molecule has 1 aliphatic rings. The Labute approximate surface area is 163 Å². The molecule has 2 heterocycles. The number of aryl methyl sites for hydroxylation is 1. The lowest BCUT2D eigenvalue weighted by Crippen LogP contribution is -2.14. The van der Waals surface area contributed by atoms with Crippen molar-refractivity contribution < 1.29 is 5.11 Å². The zero-order valence-corrected chi connectivity index (χ0v) is 15.5. The summed E-state index contributed by atoms with van der Waals surface area (Å²) in [5.74, 6) is 0.914. The molecule has 0 fully saturated rings.